The van der Waals surface area contributed by atoms with Crippen molar-refractivity contribution < 1.29 is 0 Å². The van der Waals surface area contributed by atoms with Crippen LogP contribution >= 0.6 is 0 Å². The lowest BCUT2D eigenvalue weighted by Gasteiger charge is -2.31. The average molecular weight is 287 g/mol. The van der Waals surface area contributed by atoms with E-state index in [-0.39, 0.29) is 0 Å². The van der Waals surface area contributed by atoms with Gasteiger partial charge in [-0.25, -0.2) is 0 Å². The molecule has 0 saturated heterocycles. The maximum absolute atomic E-state index is 4.89. The topological polar surface area (TPSA) is 29.9 Å². The van der Waals surface area contributed by atoms with Crippen molar-refractivity contribution in [2.45, 2.75) is 53.5 Å². The van der Waals surface area contributed by atoms with Crippen LogP contribution in [0.15, 0.2) is 24.3 Å². The van der Waals surface area contributed by atoms with Crippen molar-refractivity contribution in [3.8, 4) is 0 Å². The van der Waals surface area contributed by atoms with Gasteiger partial charge in [-0.3, -0.25) is 4.68 Å². The Morgan fingerprint density at radius 2 is 1.81 bits per heavy atom. The van der Waals surface area contributed by atoms with E-state index in [0.717, 1.165) is 26.1 Å². The van der Waals surface area contributed by atoms with Crippen LogP contribution in [0.5, 0.6) is 0 Å². The third kappa shape index (κ3) is 3.29. The Balaban J connectivity index is 2.36. The highest BCUT2D eigenvalue weighted by Crippen LogP contribution is 2.32. The van der Waals surface area contributed by atoms with Gasteiger partial charge in [-0.05, 0) is 44.2 Å². The van der Waals surface area contributed by atoms with Crippen LogP contribution in [0.3, 0.4) is 0 Å². The first-order chi connectivity index (χ1) is 10.2. The summed E-state index contributed by atoms with van der Waals surface area (Å²) in [5.41, 5.74) is 2.83. The highest BCUT2D eigenvalue weighted by Gasteiger charge is 2.28. The van der Waals surface area contributed by atoms with Gasteiger partial charge in [0.2, 0.25) is 0 Å². The lowest BCUT2D eigenvalue weighted by atomic mass is 9.77. The predicted octanol–water partition coefficient (Wildman–Crippen LogP) is 4.01. The Hall–Kier alpha value is -1.35. The van der Waals surface area contributed by atoms with E-state index in [4.69, 9.17) is 5.10 Å². The van der Waals surface area contributed by atoms with Gasteiger partial charge >= 0.3 is 0 Å². The van der Waals surface area contributed by atoms with Crippen molar-refractivity contribution >= 4 is 10.9 Å². The molecule has 21 heavy (non-hydrogen) atoms. The van der Waals surface area contributed by atoms with Gasteiger partial charge in [-0.2, -0.15) is 5.10 Å². The smallest absolute Gasteiger partial charge is 0.0709 e. The molecule has 0 unspecified atom stereocenters. The molecule has 1 aromatic carbocycles. The molecular formula is C18H29N3. The van der Waals surface area contributed by atoms with E-state index in [0.29, 0.717) is 5.41 Å². The Morgan fingerprint density at radius 1 is 1.10 bits per heavy atom. The zero-order valence-corrected chi connectivity index (χ0v) is 13.9. The lowest BCUT2D eigenvalue weighted by Crippen LogP contribution is -2.35. The van der Waals surface area contributed by atoms with Crippen molar-refractivity contribution in [3.05, 3.63) is 30.0 Å². The van der Waals surface area contributed by atoms with E-state index >= 15 is 0 Å². The maximum atomic E-state index is 4.89. The number of benzene rings is 1. The van der Waals surface area contributed by atoms with Gasteiger partial charge in [-0.15, -0.1) is 0 Å². The molecule has 1 N–H and O–H groups in total. The summed E-state index contributed by atoms with van der Waals surface area (Å²) in [4.78, 5) is 0. The molecule has 3 nitrogen and oxygen atoms in total. The Bertz CT molecular complexity index is 567. The first kappa shape index (κ1) is 16.0. The van der Waals surface area contributed by atoms with E-state index < -0.39 is 0 Å². The molecule has 1 heterocycles. The molecule has 0 aliphatic heterocycles. The molecule has 0 fully saturated rings. The summed E-state index contributed by atoms with van der Waals surface area (Å²) in [7, 11) is 0. The Morgan fingerprint density at radius 3 is 2.43 bits per heavy atom. The zero-order chi connectivity index (χ0) is 15.3. The van der Waals surface area contributed by atoms with Gasteiger partial charge in [0.1, 0.15) is 0 Å². The molecule has 0 atom stereocenters. The fourth-order valence-corrected chi connectivity index (χ4v) is 3.13. The normalized spacial score (nSPS) is 12.2. The van der Waals surface area contributed by atoms with E-state index in [1.165, 1.54) is 29.4 Å². The molecule has 1 aromatic heterocycles. The fraction of sp³-hybridized carbons (Fsp3) is 0.611. The minimum absolute atomic E-state index is 0.311. The van der Waals surface area contributed by atoms with Crippen molar-refractivity contribution in [2.75, 3.05) is 13.1 Å². The molecule has 0 aliphatic carbocycles. The highest BCUT2D eigenvalue weighted by molar-refractivity contribution is 5.82. The second-order valence-electron chi connectivity index (χ2n) is 5.94. The lowest BCUT2D eigenvalue weighted by molar-refractivity contribution is 0.246. The molecule has 3 heteroatoms. The molecule has 2 aromatic rings. The molecule has 0 saturated carbocycles. The second kappa shape index (κ2) is 7.08. The van der Waals surface area contributed by atoms with Crippen molar-refractivity contribution in [3.63, 3.8) is 0 Å². The van der Waals surface area contributed by atoms with Crippen molar-refractivity contribution in [1.29, 1.82) is 0 Å². The SMILES string of the molecule is CCNCC(CC)(CC)Cc1nn(CC)c2ccccc12. The third-order valence-corrected chi connectivity index (χ3v) is 4.83. The monoisotopic (exact) mass is 287 g/mol. The summed E-state index contributed by atoms with van der Waals surface area (Å²) in [5.74, 6) is 0. The van der Waals surface area contributed by atoms with Crippen molar-refractivity contribution in [1.82, 2.24) is 15.1 Å². The zero-order valence-electron chi connectivity index (χ0n) is 13.9. The number of aromatic nitrogens is 2. The first-order valence-corrected chi connectivity index (χ1v) is 8.34. The van der Waals surface area contributed by atoms with Crippen LogP contribution in [0.2, 0.25) is 0 Å². The summed E-state index contributed by atoms with van der Waals surface area (Å²) in [5, 5.41) is 9.75. The Labute approximate surface area is 128 Å². The minimum atomic E-state index is 0.311. The predicted molar refractivity (Wildman–Crippen MR) is 90.7 cm³/mol. The van der Waals surface area contributed by atoms with Crippen LogP contribution < -0.4 is 5.32 Å². The second-order valence-corrected chi connectivity index (χ2v) is 5.94. The number of hydrogen-bond donors (Lipinski definition) is 1. The molecule has 0 aliphatic rings. The average Bonchev–Trinajstić information content (AvgIpc) is 2.89. The van der Waals surface area contributed by atoms with Crippen LogP contribution in [-0.2, 0) is 13.0 Å². The standard InChI is InChI=1S/C18H29N3/c1-5-18(6-2,14-19-7-3)13-16-15-11-9-10-12-17(15)21(8-4)20-16/h9-12,19H,5-8,13-14H2,1-4H3. The van der Waals surface area contributed by atoms with Gasteiger partial charge in [0.15, 0.2) is 0 Å². The number of fused-ring (bicyclic) bond motifs is 1. The largest absolute Gasteiger partial charge is 0.316 e. The number of nitrogens with one attached hydrogen (secondary N) is 1. The van der Waals surface area contributed by atoms with Gasteiger partial charge in [0.05, 0.1) is 11.2 Å². The summed E-state index contributed by atoms with van der Waals surface area (Å²) >= 11 is 0. The molecular weight excluding hydrogens is 258 g/mol. The van der Waals surface area contributed by atoms with Gasteiger partial charge in [0, 0.05) is 18.5 Å². The Kier molecular flexibility index (Phi) is 5.40. The minimum Gasteiger partial charge on any atom is -0.316 e. The fourth-order valence-electron chi connectivity index (χ4n) is 3.13. The molecule has 0 amide bonds. The van der Waals surface area contributed by atoms with Crippen LogP contribution in [0.25, 0.3) is 10.9 Å². The first-order valence-electron chi connectivity index (χ1n) is 8.34. The molecule has 116 valence electrons. The molecule has 0 spiro atoms. The molecule has 0 radical (unpaired) electrons. The van der Waals surface area contributed by atoms with Crippen LogP contribution in [0, 0.1) is 5.41 Å². The van der Waals surface area contributed by atoms with E-state index in [9.17, 15) is 0 Å². The van der Waals surface area contributed by atoms with Gasteiger partial charge in [-0.1, -0.05) is 39.0 Å². The van der Waals surface area contributed by atoms with E-state index in [1.807, 2.05) is 0 Å². The summed E-state index contributed by atoms with van der Waals surface area (Å²) < 4.78 is 2.13. The number of hydrogen-bond acceptors (Lipinski definition) is 2. The van der Waals surface area contributed by atoms with E-state index in [2.05, 4.69) is 62.0 Å². The number of rotatable bonds is 8. The van der Waals surface area contributed by atoms with Gasteiger partial charge < -0.3 is 5.32 Å². The molecule has 0 bridgehead atoms. The summed E-state index contributed by atoms with van der Waals surface area (Å²) in [6.45, 7) is 12.0. The quantitative estimate of drug-likeness (QED) is 0.795. The third-order valence-electron chi connectivity index (χ3n) is 4.83. The van der Waals surface area contributed by atoms with Gasteiger partial charge in [0.25, 0.3) is 0 Å². The number of nitrogens with zero attached hydrogens (tertiary/aromatic N) is 2. The van der Waals surface area contributed by atoms with E-state index in [1.54, 1.807) is 0 Å². The summed E-state index contributed by atoms with van der Waals surface area (Å²) in [6, 6.07) is 8.62. The number of aryl methyl sites for hydroxylation is 1. The highest BCUT2D eigenvalue weighted by atomic mass is 15.3. The molecule has 2 rings (SSSR count). The van der Waals surface area contributed by atoms with Crippen LogP contribution in [0.1, 0.15) is 46.2 Å². The van der Waals surface area contributed by atoms with Crippen LogP contribution in [0.4, 0.5) is 0 Å². The maximum Gasteiger partial charge on any atom is 0.0709 e. The van der Waals surface area contributed by atoms with Crippen molar-refractivity contribution in [2.24, 2.45) is 5.41 Å². The number of para-hydroxylation sites is 1. The van der Waals surface area contributed by atoms with Crippen LogP contribution in [-0.4, -0.2) is 22.9 Å². The summed E-state index contributed by atoms with van der Waals surface area (Å²) in [6.07, 6.45) is 3.42.